The van der Waals surface area contributed by atoms with Crippen molar-refractivity contribution in [2.75, 3.05) is 19.7 Å². The Morgan fingerprint density at radius 2 is 2.07 bits per heavy atom. The van der Waals surface area contributed by atoms with Crippen LogP contribution in [-0.4, -0.2) is 54.1 Å². The Balaban J connectivity index is 1.46. The van der Waals surface area contributed by atoms with Gasteiger partial charge in [-0.2, -0.15) is 0 Å². The number of likely N-dealkylation sites (tertiary alicyclic amines) is 1. The zero-order chi connectivity index (χ0) is 19.9. The molecule has 1 spiro atoms. The SMILES string of the molecule is CCOC(=O)CN1CC23C=CC(O2)[C@@H](C(=O)NCc2ccc(C)cc2)[C@H]3C1=O. The molecule has 3 aliphatic heterocycles. The molecular weight excluding hydrogens is 360 g/mol. The molecule has 2 bridgehead atoms. The van der Waals surface area contributed by atoms with E-state index in [1.165, 1.54) is 4.90 Å². The molecule has 3 heterocycles. The van der Waals surface area contributed by atoms with Crippen LogP contribution in [0.4, 0.5) is 0 Å². The van der Waals surface area contributed by atoms with Crippen molar-refractivity contribution < 1.29 is 23.9 Å². The van der Waals surface area contributed by atoms with E-state index in [4.69, 9.17) is 9.47 Å². The predicted octanol–water partition coefficient (Wildman–Crippen LogP) is 0.956. The Morgan fingerprint density at radius 1 is 1.32 bits per heavy atom. The second-order valence-electron chi connectivity index (χ2n) is 7.60. The molecular formula is C21H24N2O5. The quantitative estimate of drug-likeness (QED) is 0.583. The minimum atomic E-state index is -0.819. The maximum Gasteiger partial charge on any atom is 0.325 e. The molecule has 2 amide bonds. The van der Waals surface area contributed by atoms with E-state index in [1.54, 1.807) is 6.92 Å². The standard InChI is InChI=1S/C21H24N2O5/c1-3-27-16(24)11-23-12-21-9-8-15(28-21)17(18(21)20(23)26)19(25)22-10-14-6-4-13(2)5-7-14/h4-9,15,17-18H,3,10-12H2,1-2H3,(H,22,25)/t15?,17-,18+,21?/m1/s1. The number of nitrogens with one attached hydrogen (secondary N) is 1. The minimum Gasteiger partial charge on any atom is -0.465 e. The van der Waals surface area contributed by atoms with Gasteiger partial charge in [-0.15, -0.1) is 0 Å². The third-order valence-corrected chi connectivity index (χ3v) is 5.69. The van der Waals surface area contributed by atoms with E-state index in [1.807, 2.05) is 43.3 Å². The van der Waals surface area contributed by atoms with E-state index in [0.717, 1.165) is 11.1 Å². The van der Waals surface area contributed by atoms with Gasteiger partial charge >= 0.3 is 5.97 Å². The maximum atomic E-state index is 13.0. The Hall–Kier alpha value is -2.67. The first kappa shape index (κ1) is 18.7. The number of carbonyl (C=O) groups is 3. The van der Waals surface area contributed by atoms with Crippen molar-refractivity contribution in [2.45, 2.75) is 32.1 Å². The number of hydrogen-bond acceptors (Lipinski definition) is 5. The summed E-state index contributed by atoms with van der Waals surface area (Å²) < 4.78 is 11.0. The zero-order valence-electron chi connectivity index (χ0n) is 16.0. The number of benzene rings is 1. The number of hydrogen-bond donors (Lipinski definition) is 1. The summed E-state index contributed by atoms with van der Waals surface area (Å²) in [4.78, 5) is 39.1. The zero-order valence-corrected chi connectivity index (χ0v) is 16.0. The average molecular weight is 384 g/mol. The third kappa shape index (κ3) is 3.09. The van der Waals surface area contributed by atoms with E-state index in [9.17, 15) is 14.4 Å². The molecule has 4 rings (SSSR count). The van der Waals surface area contributed by atoms with Gasteiger partial charge in [0.15, 0.2) is 0 Å². The maximum absolute atomic E-state index is 13.0. The predicted molar refractivity (Wildman–Crippen MR) is 100.0 cm³/mol. The Morgan fingerprint density at radius 3 is 2.79 bits per heavy atom. The van der Waals surface area contributed by atoms with Gasteiger partial charge in [0.1, 0.15) is 12.1 Å². The number of amides is 2. The number of rotatable bonds is 6. The number of nitrogens with zero attached hydrogens (tertiary/aromatic N) is 1. The fourth-order valence-corrected chi connectivity index (χ4v) is 4.39. The summed E-state index contributed by atoms with van der Waals surface area (Å²) in [6.07, 6.45) is 3.32. The van der Waals surface area contributed by atoms with Gasteiger partial charge in [-0.3, -0.25) is 14.4 Å². The highest BCUT2D eigenvalue weighted by atomic mass is 16.5. The van der Waals surface area contributed by atoms with Crippen molar-refractivity contribution in [1.29, 1.82) is 0 Å². The monoisotopic (exact) mass is 384 g/mol. The summed E-state index contributed by atoms with van der Waals surface area (Å²) in [5.74, 6) is -2.07. The molecule has 1 aromatic rings. The lowest BCUT2D eigenvalue weighted by Gasteiger charge is -2.23. The molecule has 4 atom stereocenters. The fraction of sp³-hybridized carbons (Fsp3) is 0.476. The van der Waals surface area contributed by atoms with Crippen LogP contribution in [0.2, 0.25) is 0 Å². The smallest absolute Gasteiger partial charge is 0.325 e. The first-order chi connectivity index (χ1) is 13.4. The summed E-state index contributed by atoms with van der Waals surface area (Å²) >= 11 is 0. The molecule has 2 fully saturated rings. The Bertz CT molecular complexity index is 834. The third-order valence-electron chi connectivity index (χ3n) is 5.69. The molecule has 0 aromatic heterocycles. The van der Waals surface area contributed by atoms with Crippen LogP contribution in [0.15, 0.2) is 36.4 Å². The Kier molecular flexibility index (Phi) is 4.71. The summed E-state index contributed by atoms with van der Waals surface area (Å²) in [6, 6.07) is 7.92. The van der Waals surface area contributed by atoms with Crippen LogP contribution in [0.5, 0.6) is 0 Å². The van der Waals surface area contributed by atoms with E-state index >= 15 is 0 Å². The van der Waals surface area contributed by atoms with Gasteiger partial charge in [0, 0.05) is 6.54 Å². The van der Waals surface area contributed by atoms with Crippen LogP contribution in [-0.2, 0) is 30.4 Å². The average Bonchev–Trinajstić information content (AvgIpc) is 3.30. The second kappa shape index (κ2) is 7.05. The van der Waals surface area contributed by atoms with Crippen molar-refractivity contribution in [3.05, 3.63) is 47.5 Å². The first-order valence-corrected chi connectivity index (χ1v) is 9.58. The summed E-state index contributed by atoms with van der Waals surface area (Å²) in [5, 5.41) is 2.94. The highest BCUT2D eigenvalue weighted by Gasteiger charge is 2.66. The molecule has 2 unspecified atom stereocenters. The first-order valence-electron chi connectivity index (χ1n) is 9.58. The van der Waals surface area contributed by atoms with Crippen molar-refractivity contribution in [1.82, 2.24) is 10.2 Å². The lowest BCUT2D eigenvalue weighted by Crippen LogP contribution is -2.44. The van der Waals surface area contributed by atoms with Crippen LogP contribution >= 0.6 is 0 Å². The van der Waals surface area contributed by atoms with Crippen LogP contribution in [0, 0.1) is 18.8 Å². The second-order valence-corrected chi connectivity index (χ2v) is 7.60. The Labute approximate surface area is 163 Å². The molecule has 1 N–H and O–H groups in total. The molecule has 7 nitrogen and oxygen atoms in total. The molecule has 2 saturated heterocycles. The van der Waals surface area contributed by atoms with Gasteiger partial charge in [-0.05, 0) is 19.4 Å². The normalized spacial score (nSPS) is 29.9. The van der Waals surface area contributed by atoms with E-state index < -0.39 is 29.5 Å². The lowest BCUT2D eigenvalue weighted by molar-refractivity contribution is -0.149. The number of aryl methyl sites for hydroxylation is 1. The van der Waals surface area contributed by atoms with E-state index in [2.05, 4.69) is 5.32 Å². The van der Waals surface area contributed by atoms with Crippen molar-refractivity contribution >= 4 is 17.8 Å². The van der Waals surface area contributed by atoms with Crippen LogP contribution in [0.25, 0.3) is 0 Å². The van der Waals surface area contributed by atoms with Crippen LogP contribution in [0.3, 0.4) is 0 Å². The van der Waals surface area contributed by atoms with E-state index in [0.29, 0.717) is 6.54 Å². The molecule has 148 valence electrons. The minimum absolute atomic E-state index is 0.121. The molecule has 1 aromatic carbocycles. The number of ether oxygens (including phenoxy) is 2. The topological polar surface area (TPSA) is 84.9 Å². The molecule has 0 saturated carbocycles. The summed E-state index contributed by atoms with van der Waals surface area (Å²) in [7, 11) is 0. The van der Waals surface area contributed by atoms with Crippen molar-refractivity contribution in [3.8, 4) is 0 Å². The summed E-state index contributed by atoms with van der Waals surface area (Å²) in [6.45, 7) is 4.53. The van der Waals surface area contributed by atoms with E-state index in [-0.39, 0.29) is 31.5 Å². The summed E-state index contributed by atoms with van der Waals surface area (Å²) in [5.41, 5.74) is 1.33. The molecule has 3 aliphatic rings. The molecule has 28 heavy (non-hydrogen) atoms. The van der Waals surface area contributed by atoms with Gasteiger partial charge in [-0.1, -0.05) is 42.0 Å². The number of esters is 1. The number of carbonyl (C=O) groups excluding carboxylic acids is 3. The van der Waals surface area contributed by atoms with Crippen LogP contribution in [0.1, 0.15) is 18.1 Å². The lowest BCUT2D eigenvalue weighted by atomic mass is 9.77. The molecule has 0 radical (unpaired) electrons. The van der Waals surface area contributed by atoms with Crippen molar-refractivity contribution in [3.63, 3.8) is 0 Å². The molecule has 0 aliphatic carbocycles. The van der Waals surface area contributed by atoms with Gasteiger partial charge in [0.2, 0.25) is 11.8 Å². The highest BCUT2D eigenvalue weighted by molar-refractivity contribution is 5.94. The van der Waals surface area contributed by atoms with Crippen molar-refractivity contribution in [2.24, 2.45) is 11.8 Å². The largest absolute Gasteiger partial charge is 0.465 e. The molecule has 7 heteroatoms. The van der Waals surface area contributed by atoms with Gasteiger partial charge < -0.3 is 19.7 Å². The van der Waals surface area contributed by atoms with Crippen LogP contribution < -0.4 is 5.32 Å². The number of fused-ring (bicyclic) bond motifs is 1. The van der Waals surface area contributed by atoms with Gasteiger partial charge in [0.05, 0.1) is 31.1 Å². The highest BCUT2D eigenvalue weighted by Crippen LogP contribution is 2.51. The fourth-order valence-electron chi connectivity index (χ4n) is 4.39. The van der Waals surface area contributed by atoms with Gasteiger partial charge in [0.25, 0.3) is 0 Å². The van der Waals surface area contributed by atoms with Gasteiger partial charge in [-0.25, -0.2) is 0 Å².